The van der Waals surface area contributed by atoms with Crippen molar-refractivity contribution in [3.8, 4) is 6.07 Å². The number of aromatic nitrogens is 3. The van der Waals surface area contributed by atoms with Crippen molar-refractivity contribution in [2.24, 2.45) is 5.73 Å². The summed E-state index contributed by atoms with van der Waals surface area (Å²) in [6.45, 7) is 2.70. The Morgan fingerprint density at radius 3 is 2.96 bits per heavy atom. The molecule has 140 valence electrons. The van der Waals surface area contributed by atoms with Gasteiger partial charge in [-0.15, -0.1) is 0 Å². The number of H-pyrrole nitrogens is 1. The summed E-state index contributed by atoms with van der Waals surface area (Å²) in [5, 5.41) is 9.05. The number of rotatable bonds is 4. The average Bonchev–Trinajstić information content (AvgIpc) is 3.09. The van der Waals surface area contributed by atoms with E-state index in [4.69, 9.17) is 11.0 Å². The van der Waals surface area contributed by atoms with Crippen LogP contribution >= 0.6 is 0 Å². The number of piperidine rings is 1. The van der Waals surface area contributed by atoms with Crippen molar-refractivity contribution < 1.29 is 9.59 Å². The number of primary amides is 1. The molecule has 1 saturated heterocycles. The molecular weight excluding hydrogens is 348 g/mol. The van der Waals surface area contributed by atoms with Gasteiger partial charge in [-0.05, 0) is 25.8 Å². The number of nitrogens with one attached hydrogen (secondary N) is 1. The van der Waals surface area contributed by atoms with E-state index >= 15 is 0 Å². The van der Waals surface area contributed by atoms with Gasteiger partial charge in [-0.3, -0.25) is 14.4 Å². The largest absolute Gasteiger partial charge is 0.368 e. The highest BCUT2D eigenvalue weighted by Gasteiger charge is 2.29. The van der Waals surface area contributed by atoms with Crippen LogP contribution in [0.25, 0.3) is 0 Å². The zero-order valence-electron chi connectivity index (χ0n) is 14.9. The summed E-state index contributed by atoms with van der Waals surface area (Å²) < 4.78 is 1.71. The molecule has 0 radical (unpaired) electrons. The SMILES string of the molecule is Cc1[nH]c(=O)c(C#N)cc1C(=O)N1CCC[C@H](c2nccn2CC(N)=O)C1. The average molecular weight is 368 g/mol. The van der Waals surface area contributed by atoms with E-state index in [0.29, 0.717) is 24.3 Å². The predicted octanol–water partition coefficient (Wildman–Crippen LogP) is 0.257. The highest BCUT2D eigenvalue weighted by atomic mass is 16.2. The topological polar surface area (TPSA) is 138 Å². The summed E-state index contributed by atoms with van der Waals surface area (Å²) >= 11 is 0. The molecule has 1 aliphatic rings. The van der Waals surface area contributed by atoms with E-state index in [9.17, 15) is 14.4 Å². The second-order valence-corrected chi connectivity index (χ2v) is 6.63. The Morgan fingerprint density at radius 2 is 2.26 bits per heavy atom. The van der Waals surface area contributed by atoms with Crippen LogP contribution in [0.5, 0.6) is 0 Å². The maximum absolute atomic E-state index is 13.0. The number of carbonyl (C=O) groups excluding carboxylic acids is 2. The van der Waals surface area contributed by atoms with Gasteiger partial charge in [0.05, 0.1) is 5.56 Å². The van der Waals surface area contributed by atoms with Gasteiger partial charge >= 0.3 is 0 Å². The molecule has 9 heteroatoms. The Morgan fingerprint density at radius 1 is 1.48 bits per heavy atom. The molecule has 9 nitrogen and oxygen atoms in total. The second kappa shape index (κ2) is 7.45. The predicted molar refractivity (Wildman–Crippen MR) is 95.8 cm³/mol. The van der Waals surface area contributed by atoms with Crippen LogP contribution in [0.3, 0.4) is 0 Å². The zero-order chi connectivity index (χ0) is 19.6. The minimum absolute atomic E-state index is 0.0180. The molecule has 2 aromatic rings. The molecule has 0 aliphatic carbocycles. The first kappa shape index (κ1) is 18.4. The van der Waals surface area contributed by atoms with E-state index in [1.54, 1.807) is 34.9 Å². The van der Waals surface area contributed by atoms with Gasteiger partial charge < -0.3 is 20.2 Å². The third-order valence-corrected chi connectivity index (χ3v) is 4.74. The molecule has 0 bridgehead atoms. The number of carbonyl (C=O) groups is 2. The zero-order valence-corrected chi connectivity index (χ0v) is 14.9. The Kier molecular flexibility index (Phi) is 5.07. The number of nitrogens with two attached hydrogens (primary N) is 1. The van der Waals surface area contributed by atoms with Gasteiger partial charge in [-0.25, -0.2) is 4.98 Å². The molecule has 1 aliphatic heterocycles. The number of pyridine rings is 1. The number of nitrogens with zero attached hydrogens (tertiary/aromatic N) is 4. The number of aromatic amines is 1. The van der Waals surface area contributed by atoms with E-state index in [1.807, 2.05) is 0 Å². The van der Waals surface area contributed by atoms with E-state index < -0.39 is 11.5 Å². The summed E-state index contributed by atoms with van der Waals surface area (Å²) in [6.07, 6.45) is 4.94. The van der Waals surface area contributed by atoms with Crippen LogP contribution in [0.2, 0.25) is 0 Å². The van der Waals surface area contributed by atoms with Gasteiger partial charge in [0.1, 0.15) is 24.0 Å². The van der Waals surface area contributed by atoms with E-state index in [2.05, 4.69) is 9.97 Å². The molecule has 0 unspecified atom stereocenters. The van der Waals surface area contributed by atoms with Crippen LogP contribution in [0.4, 0.5) is 0 Å². The lowest BCUT2D eigenvalue weighted by Crippen LogP contribution is -2.40. The lowest BCUT2D eigenvalue weighted by atomic mass is 9.96. The second-order valence-electron chi connectivity index (χ2n) is 6.63. The van der Waals surface area contributed by atoms with Crippen molar-refractivity contribution in [3.63, 3.8) is 0 Å². The Labute approximate surface area is 155 Å². The summed E-state index contributed by atoms with van der Waals surface area (Å²) in [5.41, 5.74) is 5.43. The molecule has 3 rings (SSSR count). The van der Waals surface area contributed by atoms with Gasteiger partial charge in [-0.1, -0.05) is 0 Å². The van der Waals surface area contributed by atoms with Crippen LogP contribution in [-0.4, -0.2) is 44.3 Å². The molecule has 3 heterocycles. The monoisotopic (exact) mass is 368 g/mol. The third-order valence-electron chi connectivity index (χ3n) is 4.74. The molecule has 1 fully saturated rings. The number of amides is 2. The molecular formula is C18H20N6O3. The summed E-state index contributed by atoms with van der Waals surface area (Å²) in [6, 6.07) is 3.15. The minimum Gasteiger partial charge on any atom is -0.368 e. The fourth-order valence-electron chi connectivity index (χ4n) is 3.45. The van der Waals surface area contributed by atoms with Crippen LogP contribution in [0.15, 0.2) is 23.3 Å². The van der Waals surface area contributed by atoms with Crippen molar-refractivity contribution in [1.29, 1.82) is 5.26 Å². The first-order chi connectivity index (χ1) is 12.9. The van der Waals surface area contributed by atoms with Crippen LogP contribution in [-0.2, 0) is 11.3 Å². The Bertz CT molecular complexity index is 984. The standard InChI is InChI=1S/C18H20N6O3/c1-11-14(7-13(8-19)17(26)22-11)18(27)24-5-2-3-12(9-24)16-21-4-6-23(16)10-15(20)25/h4,6-7,12H,2-3,5,9-10H2,1H3,(H2,20,25)(H,22,26)/t12-/m0/s1. The molecule has 27 heavy (non-hydrogen) atoms. The maximum atomic E-state index is 13.0. The molecule has 2 aromatic heterocycles. The quantitative estimate of drug-likeness (QED) is 0.797. The van der Waals surface area contributed by atoms with Gasteiger partial charge in [0.2, 0.25) is 5.91 Å². The van der Waals surface area contributed by atoms with Crippen LogP contribution in [0.1, 0.15) is 46.2 Å². The summed E-state index contributed by atoms with van der Waals surface area (Å²) in [7, 11) is 0. The number of hydrogen-bond donors (Lipinski definition) is 2. The highest BCUT2D eigenvalue weighted by Crippen LogP contribution is 2.27. The minimum atomic E-state index is -0.503. The molecule has 3 N–H and O–H groups in total. The molecule has 0 saturated carbocycles. The lowest BCUT2D eigenvalue weighted by Gasteiger charge is -2.33. The fraction of sp³-hybridized carbons (Fsp3) is 0.389. The highest BCUT2D eigenvalue weighted by molar-refractivity contribution is 5.95. The number of aryl methyl sites for hydroxylation is 1. The molecule has 1 atom stereocenters. The van der Waals surface area contributed by atoms with Crippen LogP contribution < -0.4 is 11.3 Å². The van der Waals surface area contributed by atoms with Crippen molar-refractivity contribution in [2.75, 3.05) is 13.1 Å². The van der Waals surface area contributed by atoms with Crippen LogP contribution in [0, 0.1) is 18.3 Å². The van der Waals surface area contributed by atoms with Crippen molar-refractivity contribution >= 4 is 11.8 Å². The maximum Gasteiger partial charge on any atom is 0.266 e. The molecule has 0 spiro atoms. The van der Waals surface area contributed by atoms with E-state index in [0.717, 1.165) is 18.7 Å². The number of hydrogen-bond acceptors (Lipinski definition) is 5. The third kappa shape index (κ3) is 3.74. The Hall–Kier alpha value is -3.41. The fourth-order valence-corrected chi connectivity index (χ4v) is 3.45. The summed E-state index contributed by atoms with van der Waals surface area (Å²) in [4.78, 5) is 44.5. The summed E-state index contributed by atoms with van der Waals surface area (Å²) in [5.74, 6) is 0.0154. The van der Waals surface area contributed by atoms with Gasteiger partial charge in [0, 0.05) is 37.1 Å². The van der Waals surface area contributed by atoms with Gasteiger partial charge in [0.15, 0.2) is 0 Å². The first-order valence-electron chi connectivity index (χ1n) is 8.63. The van der Waals surface area contributed by atoms with Gasteiger partial charge in [-0.2, -0.15) is 5.26 Å². The van der Waals surface area contributed by atoms with E-state index in [1.165, 1.54) is 6.07 Å². The number of imidazole rings is 1. The van der Waals surface area contributed by atoms with Crippen molar-refractivity contribution in [3.05, 3.63) is 51.5 Å². The molecule has 2 amide bonds. The van der Waals surface area contributed by atoms with E-state index in [-0.39, 0.29) is 23.9 Å². The number of likely N-dealkylation sites (tertiary alicyclic amines) is 1. The number of nitriles is 1. The smallest absolute Gasteiger partial charge is 0.266 e. The van der Waals surface area contributed by atoms with Crippen molar-refractivity contribution in [2.45, 2.75) is 32.2 Å². The first-order valence-corrected chi connectivity index (χ1v) is 8.63. The molecule has 0 aromatic carbocycles. The lowest BCUT2D eigenvalue weighted by molar-refractivity contribution is -0.118. The Balaban J connectivity index is 1.84. The normalized spacial score (nSPS) is 16.7. The van der Waals surface area contributed by atoms with Gasteiger partial charge in [0.25, 0.3) is 11.5 Å². The van der Waals surface area contributed by atoms with Crippen molar-refractivity contribution in [1.82, 2.24) is 19.4 Å².